The minimum atomic E-state index is -2.05. The van der Waals surface area contributed by atoms with Crippen molar-refractivity contribution in [2.75, 3.05) is 0 Å². The Bertz CT molecular complexity index is 714. The standard InChI is InChI=1S/C12H3BF6O2/c14-5-2-1-4(3-6(5)15)13-20-11-9(18)7(16)8(17)10(19)12(11)21-13/h1-3H. The summed E-state index contributed by atoms with van der Waals surface area (Å²) in [7, 11) is -1.56. The summed E-state index contributed by atoms with van der Waals surface area (Å²) in [6.07, 6.45) is 0. The van der Waals surface area contributed by atoms with E-state index in [0.29, 0.717) is 6.07 Å². The molecular formula is C12H3BF6O2. The molecule has 0 spiro atoms. The van der Waals surface area contributed by atoms with Gasteiger partial charge in [-0.05, 0) is 12.1 Å². The zero-order valence-electron chi connectivity index (χ0n) is 9.89. The summed E-state index contributed by atoms with van der Waals surface area (Å²) in [6.45, 7) is 0. The second-order valence-electron chi connectivity index (χ2n) is 4.16. The van der Waals surface area contributed by atoms with Crippen LogP contribution in [0.2, 0.25) is 0 Å². The predicted molar refractivity (Wildman–Crippen MR) is 59.3 cm³/mol. The van der Waals surface area contributed by atoms with E-state index in [0.717, 1.165) is 12.1 Å². The Morgan fingerprint density at radius 3 is 1.67 bits per heavy atom. The summed E-state index contributed by atoms with van der Waals surface area (Å²) in [5.74, 6) is -12.0. The molecule has 0 N–H and O–H groups in total. The number of halogens is 6. The average molecular weight is 304 g/mol. The van der Waals surface area contributed by atoms with Gasteiger partial charge in [0.2, 0.25) is 23.3 Å². The molecule has 1 heterocycles. The SMILES string of the molecule is Fc1ccc(B2Oc3c(F)c(F)c(F)c(F)c3O2)cc1F. The first-order valence-electron chi connectivity index (χ1n) is 5.54. The third kappa shape index (κ3) is 2.00. The fourth-order valence-electron chi connectivity index (χ4n) is 1.84. The van der Waals surface area contributed by atoms with Crippen LogP contribution in [-0.4, -0.2) is 7.12 Å². The highest BCUT2D eigenvalue weighted by atomic mass is 19.2. The fraction of sp³-hybridized carbons (Fsp3) is 0. The smallest absolute Gasteiger partial charge is 0.517 e. The van der Waals surface area contributed by atoms with E-state index in [1.807, 2.05) is 0 Å². The quantitative estimate of drug-likeness (QED) is 0.349. The third-order valence-electron chi connectivity index (χ3n) is 2.85. The maximum Gasteiger partial charge on any atom is 0.633 e. The van der Waals surface area contributed by atoms with Crippen LogP contribution < -0.4 is 14.8 Å². The first-order chi connectivity index (χ1) is 9.90. The summed E-state index contributed by atoms with van der Waals surface area (Å²) < 4.78 is 88.5. The van der Waals surface area contributed by atoms with Crippen molar-refractivity contribution < 1.29 is 35.7 Å². The molecule has 9 heteroatoms. The summed E-state index contributed by atoms with van der Waals surface area (Å²) in [5.41, 5.74) is -0.121. The second kappa shape index (κ2) is 4.61. The molecule has 0 amide bonds. The molecule has 21 heavy (non-hydrogen) atoms. The predicted octanol–water partition coefficient (Wildman–Crippen LogP) is 2.69. The zero-order chi connectivity index (χ0) is 15.3. The first-order valence-corrected chi connectivity index (χ1v) is 5.54. The molecule has 0 bridgehead atoms. The maximum atomic E-state index is 13.5. The van der Waals surface area contributed by atoms with Gasteiger partial charge in [0.1, 0.15) is 0 Å². The van der Waals surface area contributed by atoms with E-state index in [1.165, 1.54) is 0 Å². The number of hydrogen-bond acceptors (Lipinski definition) is 2. The van der Waals surface area contributed by atoms with Crippen molar-refractivity contribution in [3.8, 4) is 11.5 Å². The Kier molecular flexibility index (Phi) is 3.00. The van der Waals surface area contributed by atoms with Crippen LogP contribution in [0, 0.1) is 34.9 Å². The van der Waals surface area contributed by atoms with Crippen molar-refractivity contribution >= 4 is 12.6 Å². The molecule has 0 saturated carbocycles. The molecular weight excluding hydrogens is 301 g/mol. The van der Waals surface area contributed by atoms with E-state index in [2.05, 4.69) is 0 Å². The molecule has 0 unspecified atom stereocenters. The molecule has 1 aliphatic heterocycles. The lowest BCUT2D eigenvalue weighted by atomic mass is 9.79. The van der Waals surface area contributed by atoms with E-state index in [4.69, 9.17) is 9.31 Å². The number of rotatable bonds is 1. The molecule has 0 radical (unpaired) electrons. The molecule has 3 rings (SSSR count). The Balaban J connectivity index is 2.03. The molecule has 0 saturated heterocycles. The van der Waals surface area contributed by atoms with Crippen molar-refractivity contribution in [1.82, 2.24) is 0 Å². The lowest BCUT2D eigenvalue weighted by Crippen LogP contribution is -2.39. The van der Waals surface area contributed by atoms with Crippen LogP contribution in [0.3, 0.4) is 0 Å². The Morgan fingerprint density at radius 1 is 0.667 bits per heavy atom. The minimum absolute atomic E-state index is 0.121. The first kappa shape index (κ1) is 13.7. The van der Waals surface area contributed by atoms with Crippen LogP contribution >= 0.6 is 0 Å². The van der Waals surface area contributed by atoms with Crippen molar-refractivity contribution in [2.24, 2.45) is 0 Å². The Hall–Kier alpha value is -2.32. The lowest BCUT2D eigenvalue weighted by Gasteiger charge is -2.05. The molecule has 0 aromatic heterocycles. The van der Waals surface area contributed by atoms with Gasteiger partial charge in [0.25, 0.3) is 0 Å². The summed E-state index contributed by atoms with van der Waals surface area (Å²) in [4.78, 5) is 0. The molecule has 1 aliphatic rings. The van der Waals surface area contributed by atoms with Crippen molar-refractivity contribution in [3.05, 3.63) is 53.1 Å². The Labute approximate surface area is 114 Å². The van der Waals surface area contributed by atoms with Gasteiger partial charge in [-0.1, -0.05) is 6.07 Å². The molecule has 108 valence electrons. The molecule has 2 nitrogen and oxygen atoms in total. The average Bonchev–Trinajstić information content (AvgIpc) is 2.91. The molecule has 0 fully saturated rings. The van der Waals surface area contributed by atoms with E-state index in [-0.39, 0.29) is 5.46 Å². The lowest BCUT2D eigenvalue weighted by molar-refractivity contribution is 0.388. The van der Waals surface area contributed by atoms with Gasteiger partial charge in [-0.3, -0.25) is 0 Å². The molecule has 2 aromatic rings. The highest BCUT2D eigenvalue weighted by Gasteiger charge is 2.41. The van der Waals surface area contributed by atoms with Gasteiger partial charge in [0.15, 0.2) is 23.1 Å². The zero-order valence-corrected chi connectivity index (χ0v) is 9.89. The van der Waals surface area contributed by atoms with E-state index >= 15 is 0 Å². The monoisotopic (exact) mass is 304 g/mol. The largest absolute Gasteiger partial charge is 0.633 e. The summed E-state index contributed by atoms with van der Waals surface area (Å²) in [5, 5.41) is 0. The Morgan fingerprint density at radius 2 is 1.19 bits per heavy atom. The third-order valence-corrected chi connectivity index (χ3v) is 2.85. The van der Waals surface area contributed by atoms with E-state index in [9.17, 15) is 26.3 Å². The molecule has 0 atom stereocenters. The van der Waals surface area contributed by atoms with Crippen LogP contribution in [0.5, 0.6) is 11.5 Å². The van der Waals surface area contributed by atoms with Crippen molar-refractivity contribution in [1.29, 1.82) is 0 Å². The fourth-order valence-corrected chi connectivity index (χ4v) is 1.84. The van der Waals surface area contributed by atoms with Crippen molar-refractivity contribution in [3.63, 3.8) is 0 Å². The molecule has 2 aromatic carbocycles. The number of fused-ring (bicyclic) bond motifs is 1. The van der Waals surface area contributed by atoms with Crippen LogP contribution in [0.15, 0.2) is 18.2 Å². The maximum absolute atomic E-state index is 13.5. The topological polar surface area (TPSA) is 18.5 Å². The van der Waals surface area contributed by atoms with Crippen LogP contribution in [0.1, 0.15) is 0 Å². The highest BCUT2D eigenvalue weighted by Crippen LogP contribution is 2.41. The second-order valence-corrected chi connectivity index (χ2v) is 4.16. The van der Waals surface area contributed by atoms with Crippen LogP contribution in [0.25, 0.3) is 0 Å². The highest BCUT2D eigenvalue weighted by molar-refractivity contribution is 6.63. The minimum Gasteiger partial charge on any atom is -0.517 e. The van der Waals surface area contributed by atoms with Gasteiger partial charge >= 0.3 is 7.12 Å². The molecule has 0 aliphatic carbocycles. The van der Waals surface area contributed by atoms with Gasteiger partial charge in [-0.2, -0.15) is 8.78 Å². The summed E-state index contributed by atoms with van der Waals surface area (Å²) in [6, 6.07) is 2.46. The van der Waals surface area contributed by atoms with Crippen LogP contribution in [-0.2, 0) is 0 Å². The van der Waals surface area contributed by atoms with E-state index in [1.54, 1.807) is 0 Å². The van der Waals surface area contributed by atoms with Gasteiger partial charge in [0.05, 0.1) is 0 Å². The summed E-state index contributed by atoms with van der Waals surface area (Å²) >= 11 is 0. The van der Waals surface area contributed by atoms with E-state index < -0.39 is 53.5 Å². The van der Waals surface area contributed by atoms with Gasteiger partial charge in [-0.15, -0.1) is 0 Å². The van der Waals surface area contributed by atoms with Gasteiger partial charge in [-0.25, -0.2) is 17.6 Å². The number of hydrogen-bond donors (Lipinski definition) is 0. The normalized spacial score (nSPS) is 13.0. The van der Waals surface area contributed by atoms with Gasteiger partial charge < -0.3 is 9.31 Å². The number of benzene rings is 2. The van der Waals surface area contributed by atoms with Gasteiger partial charge in [0, 0.05) is 5.46 Å². The van der Waals surface area contributed by atoms with Crippen molar-refractivity contribution in [2.45, 2.75) is 0 Å². The van der Waals surface area contributed by atoms with Crippen LogP contribution in [0.4, 0.5) is 26.3 Å².